The van der Waals surface area contributed by atoms with Crippen molar-refractivity contribution in [3.8, 4) is 0 Å². The fraction of sp³-hybridized carbons (Fsp3) is 0.696. The molecule has 2 saturated heterocycles. The Morgan fingerprint density at radius 1 is 1.13 bits per heavy atom. The van der Waals surface area contributed by atoms with E-state index < -0.39 is 10.0 Å². The van der Waals surface area contributed by atoms with Gasteiger partial charge in [-0.15, -0.1) is 0 Å². The van der Waals surface area contributed by atoms with Gasteiger partial charge in [0.15, 0.2) is 0 Å². The zero-order valence-electron chi connectivity index (χ0n) is 19.4. The molecule has 7 nitrogen and oxygen atoms in total. The van der Waals surface area contributed by atoms with Gasteiger partial charge in [0.1, 0.15) is 0 Å². The first-order valence-corrected chi connectivity index (χ1v) is 12.8. The molecule has 174 valence electrons. The number of amides is 2. The highest BCUT2D eigenvalue weighted by atomic mass is 32.2. The third kappa shape index (κ3) is 5.41. The minimum absolute atomic E-state index is 0.104. The van der Waals surface area contributed by atoms with Crippen molar-refractivity contribution in [3.05, 3.63) is 30.3 Å². The van der Waals surface area contributed by atoms with Crippen molar-refractivity contribution in [1.29, 1.82) is 0 Å². The number of hydrogen-bond donors (Lipinski definition) is 1. The lowest BCUT2D eigenvalue weighted by atomic mass is 9.67. The minimum Gasteiger partial charge on any atom is -0.336 e. The summed E-state index contributed by atoms with van der Waals surface area (Å²) < 4.78 is 28.9. The number of likely N-dealkylation sites (tertiary alicyclic amines) is 1. The second-order valence-corrected chi connectivity index (χ2v) is 11.6. The summed E-state index contributed by atoms with van der Waals surface area (Å²) in [5.41, 5.74) is -0.104. The minimum atomic E-state index is -3.63. The summed E-state index contributed by atoms with van der Waals surface area (Å²) in [6.07, 6.45) is 3.78. The first kappa shape index (κ1) is 24.0. The number of nitrogens with one attached hydrogen (secondary N) is 1. The van der Waals surface area contributed by atoms with Gasteiger partial charge in [-0.25, -0.2) is 13.2 Å². The van der Waals surface area contributed by atoms with Crippen LogP contribution in [0.3, 0.4) is 0 Å². The quantitative estimate of drug-likeness (QED) is 0.723. The molecule has 0 aromatic heterocycles. The summed E-state index contributed by atoms with van der Waals surface area (Å²) in [5.74, 6) is 0.616. The first-order chi connectivity index (χ1) is 14.7. The molecule has 1 N–H and O–H groups in total. The SMILES string of the molecule is CC(C)CN1CCC2(CCCN(S(=O)(=O)c3ccccc3)C2CNC(=O)N(C)C)CC1. The lowest BCUT2D eigenvalue weighted by Gasteiger charge is -2.53. The van der Waals surface area contributed by atoms with E-state index in [9.17, 15) is 13.2 Å². The summed E-state index contributed by atoms with van der Waals surface area (Å²) in [6.45, 7) is 8.34. The Balaban J connectivity index is 1.88. The molecule has 3 rings (SSSR count). The molecular weight excluding hydrogens is 412 g/mol. The number of carbonyl (C=O) groups is 1. The number of benzene rings is 1. The summed E-state index contributed by atoms with van der Waals surface area (Å²) in [7, 11) is -0.226. The van der Waals surface area contributed by atoms with Crippen LogP contribution in [-0.2, 0) is 10.0 Å². The van der Waals surface area contributed by atoms with Gasteiger partial charge in [0.25, 0.3) is 0 Å². The molecule has 0 radical (unpaired) electrons. The lowest BCUT2D eigenvalue weighted by Crippen LogP contribution is -2.61. The van der Waals surface area contributed by atoms with Crippen LogP contribution in [-0.4, -0.2) is 81.4 Å². The Hall–Kier alpha value is -1.64. The average Bonchev–Trinajstić information content (AvgIpc) is 2.74. The van der Waals surface area contributed by atoms with Gasteiger partial charge in [0.05, 0.1) is 4.90 Å². The third-order valence-electron chi connectivity index (χ3n) is 6.79. The van der Waals surface area contributed by atoms with Crippen LogP contribution in [0.1, 0.15) is 39.5 Å². The number of rotatable bonds is 6. The molecule has 2 heterocycles. The number of piperidine rings is 2. The Kier molecular flexibility index (Phi) is 7.65. The second-order valence-electron chi connectivity index (χ2n) is 9.69. The van der Waals surface area contributed by atoms with Gasteiger partial charge in [-0.1, -0.05) is 32.0 Å². The van der Waals surface area contributed by atoms with Gasteiger partial charge in [-0.3, -0.25) is 0 Å². The maximum atomic E-state index is 13.6. The average molecular weight is 451 g/mol. The van der Waals surface area contributed by atoms with Crippen LogP contribution in [0.4, 0.5) is 4.79 Å². The predicted octanol–water partition coefficient (Wildman–Crippen LogP) is 2.85. The van der Waals surface area contributed by atoms with Gasteiger partial charge >= 0.3 is 6.03 Å². The van der Waals surface area contributed by atoms with Crippen molar-refractivity contribution in [2.24, 2.45) is 11.3 Å². The predicted molar refractivity (Wildman–Crippen MR) is 123 cm³/mol. The summed E-state index contributed by atoms with van der Waals surface area (Å²) in [6, 6.07) is 8.26. The molecule has 31 heavy (non-hydrogen) atoms. The molecule has 2 amide bonds. The highest BCUT2D eigenvalue weighted by Gasteiger charge is 2.49. The van der Waals surface area contributed by atoms with Crippen molar-refractivity contribution >= 4 is 16.1 Å². The summed E-state index contributed by atoms with van der Waals surface area (Å²) >= 11 is 0. The lowest BCUT2D eigenvalue weighted by molar-refractivity contribution is 0.00110. The molecule has 1 aromatic rings. The zero-order chi connectivity index (χ0) is 22.6. The summed E-state index contributed by atoms with van der Waals surface area (Å²) in [5, 5.41) is 2.99. The molecule has 2 fully saturated rings. The van der Waals surface area contributed by atoms with E-state index in [0.29, 0.717) is 23.9 Å². The van der Waals surface area contributed by atoms with Crippen molar-refractivity contribution in [2.45, 2.75) is 50.5 Å². The van der Waals surface area contributed by atoms with Crippen LogP contribution >= 0.6 is 0 Å². The number of hydrogen-bond acceptors (Lipinski definition) is 4. The third-order valence-corrected chi connectivity index (χ3v) is 8.71. The van der Waals surface area contributed by atoms with E-state index in [1.807, 2.05) is 6.07 Å². The molecule has 0 aliphatic carbocycles. The van der Waals surface area contributed by atoms with Gasteiger partial charge in [0, 0.05) is 39.8 Å². The standard InChI is InChI=1S/C23H38N4O3S/c1-19(2)18-26-15-12-23(13-16-26)11-8-14-27(21(23)17-24-22(28)25(3)4)31(29,30)20-9-6-5-7-10-20/h5-7,9-10,19,21H,8,11-18H2,1-4H3,(H,24,28). The second kappa shape index (κ2) is 9.88. The Bertz CT molecular complexity index is 834. The monoisotopic (exact) mass is 450 g/mol. The van der Waals surface area contributed by atoms with E-state index >= 15 is 0 Å². The Labute approximate surface area is 187 Å². The van der Waals surface area contributed by atoms with Gasteiger partial charge < -0.3 is 15.1 Å². The molecule has 8 heteroatoms. The van der Waals surface area contributed by atoms with Crippen molar-refractivity contribution < 1.29 is 13.2 Å². The van der Waals surface area contributed by atoms with E-state index in [1.165, 1.54) is 4.90 Å². The maximum Gasteiger partial charge on any atom is 0.316 e. The molecule has 2 aliphatic heterocycles. The molecule has 2 aliphatic rings. The van der Waals surface area contributed by atoms with E-state index in [-0.39, 0.29) is 17.5 Å². The first-order valence-electron chi connectivity index (χ1n) is 11.4. The highest BCUT2D eigenvalue weighted by molar-refractivity contribution is 7.89. The molecule has 0 saturated carbocycles. The van der Waals surface area contributed by atoms with Crippen LogP contribution in [0.15, 0.2) is 35.2 Å². The topological polar surface area (TPSA) is 73.0 Å². The maximum absolute atomic E-state index is 13.6. The van der Waals surface area contributed by atoms with Crippen LogP contribution in [0, 0.1) is 11.3 Å². The molecule has 1 spiro atoms. The summed E-state index contributed by atoms with van der Waals surface area (Å²) in [4.78, 5) is 16.6. The number of sulfonamides is 1. The van der Waals surface area contributed by atoms with E-state index in [2.05, 4.69) is 24.1 Å². The Morgan fingerprint density at radius 3 is 2.35 bits per heavy atom. The molecular formula is C23H38N4O3S. The Morgan fingerprint density at radius 2 is 1.77 bits per heavy atom. The fourth-order valence-electron chi connectivity index (χ4n) is 5.17. The van der Waals surface area contributed by atoms with E-state index in [0.717, 1.165) is 45.3 Å². The molecule has 1 aromatic carbocycles. The van der Waals surface area contributed by atoms with Gasteiger partial charge in [-0.05, 0) is 62.2 Å². The molecule has 1 unspecified atom stereocenters. The van der Waals surface area contributed by atoms with Crippen LogP contribution in [0.25, 0.3) is 0 Å². The largest absolute Gasteiger partial charge is 0.336 e. The van der Waals surface area contributed by atoms with Crippen LogP contribution in [0.5, 0.6) is 0 Å². The van der Waals surface area contributed by atoms with Crippen molar-refractivity contribution in [2.75, 3.05) is 46.8 Å². The van der Waals surface area contributed by atoms with Gasteiger partial charge in [-0.2, -0.15) is 4.31 Å². The normalized spacial score (nSPS) is 22.5. The highest BCUT2D eigenvalue weighted by Crippen LogP contribution is 2.46. The van der Waals surface area contributed by atoms with Crippen LogP contribution < -0.4 is 5.32 Å². The number of nitrogens with zero attached hydrogens (tertiary/aromatic N) is 3. The number of carbonyl (C=O) groups excluding carboxylic acids is 1. The van der Waals surface area contributed by atoms with Gasteiger partial charge in [0.2, 0.25) is 10.0 Å². The van der Waals surface area contributed by atoms with E-state index in [4.69, 9.17) is 0 Å². The van der Waals surface area contributed by atoms with Crippen LogP contribution in [0.2, 0.25) is 0 Å². The number of urea groups is 1. The smallest absolute Gasteiger partial charge is 0.316 e. The fourth-order valence-corrected chi connectivity index (χ4v) is 6.95. The zero-order valence-corrected chi connectivity index (χ0v) is 20.2. The molecule has 1 atom stereocenters. The van der Waals surface area contributed by atoms with Crippen molar-refractivity contribution in [1.82, 2.24) is 19.4 Å². The molecule has 0 bridgehead atoms. The van der Waals surface area contributed by atoms with E-state index in [1.54, 1.807) is 42.7 Å². The van der Waals surface area contributed by atoms with Crippen molar-refractivity contribution in [3.63, 3.8) is 0 Å².